The first-order valence-corrected chi connectivity index (χ1v) is 14.9. The van der Waals surface area contributed by atoms with Gasteiger partial charge in [0.25, 0.3) is 0 Å². The molecule has 0 saturated carbocycles. The number of rotatable bonds is 12. The second-order valence-corrected chi connectivity index (χ2v) is 12.4. The number of nitrogens with zero attached hydrogens (tertiary/aromatic N) is 4. The summed E-state index contributed by atoms with van der Waals surface area (Å²) in [7, 11) is 1.07. The zero-order valence-corrected chi connectivity index (χ0v) is 24.4. The molecule has 10 nitrogen and oxygen atoms in total. The lowest BCUT2D eigenvalue weighted by Crippen LogP contribution is -2.42. The molecule has 1 aromatic rings. The number of amides is 2. The maximum atomic E-state index is 13.1. The third kappa shape index (κ3) is 7.68. The molecule has 2 heterocycles. The van der Waals surface area contributed by atoms with Crippen LogP contribution in [0.25, 0.3) is 0 Å². The highest BCUT2D eigenvalue weighted by molar-refractivity contribution is 7.89. The van der Waals surface area contributed by atoms with Crippen molar-refractivity contribution in [1.82, 2.24) is 19.0 Å². The second-order valence-electron chi connectivity index (χ2n) is 10.4. The number of ether oxygens (including phenoxy) is 2. The molecule has 214 valence electrons. The molecule has 2 fully saturated rings. The minimum atomic E-state index is -3.72. The highest BCUT2D eigenvalue weighted by Crippen LogP contribution is 2.27. The van der Waals surface area contributed by atoms with E-state index >= 15 is 0 Å². The van der Waals surface area contributed by atoms with Crippen LogP contribution in [0.2, 0.25) is 0 Å². The molecule has 0 aromatic heterocycles. The van der Waals surface area contributed by atoms with Crippen molar-refractivity contribution in [3.8, 4) is 5.75 Å². The van der Waals surface area contributed by atoms with Crippen LogP contribution in [0.3, 0.4) is 0 Å². The fraction of sp³-hybridized carbons (Fsp3) is 0.704. The van der Waals surface area contributed by atoms with Crippen molar-refractivity contribution < 1.29 is 27.5 Å². The first-order valence-electron chi connectivity index (χ1n) is 13.5. The van der Waals surface area contributed by atoms with E-state index in [0.717, 1.165) is 26.1 Å². The van der Waals surface area contributed by atoms with E-state index in [4.69, 9.17) is 9.47 Å². The predicted octanol–water partition coefficient (Wildman–Crippen LogP) is 1.88. The lowest BCUT2D eigenvalue weighted by molar-refractivity contribution is -0.137. The van der Waals surface area contributed by atoms with Crippen molar-refractivity contribution in [2.24, 2.45) is 0 Å². The summed E-state index contributed by atoms with van der Waals surface area (Å²) >= 11 is 0. The van der Waals surface area contributed by atoms with Gasteiger partial charge in [0.05, 0.1) is 24.7 Å². The number of hydrogen-bond acceptors (Lipinski definition) is 7. The number of likely N-dealkylation sites (N-methyl/N-ethyl adjacent to an activating group) is 2. The van der Waals surface area contributed by atoms with E-state index in [9.17, 15) is 18.0 Å². The SMILES string of the molecule is COc1cc(C)c(S(=O)(=O)N(C)CCOCC(=O)N(C)[C@@H]2CCN(C(=O)CCN3CCCCC3)C2)c(C)c1. The van der Waals surface area contributed by atoms with Crippen LogP contribution in [0.1, 0.15) is 43.2 Å². The van der Waals surface area contributed by atoms with Crippen LogP contribution in [0.5, 0.6) is 5.75 Å². The number of benzene rings is 1. The smallest absolute Gasteiger partial charge is 0.248 e. The molecule has 0 radical (unpaired) electrons. The van der Waals surface area contributed by atoms with Gasteiger partial charge in [0.2, 0.25) is 21.8 Å². The van der Waals surface area contributed by atoms with E-state index < -0.39 is 10.0 Å². The van der Waals surface area contributed by atoms with Gasteiger partial charge in [-0.1, -0.05) is 6.42 Å². The number of hydrogen-bond donors (Lipinski definition) is 0. The van der Waals surface area contributed by atoms with E-state index in [2.05, 4.69) is 4.90 Å². The summed E-state index contributed by atoms with van der Waals surface area (Å²) in [6.45, 7) is 7.74. The maximum Gasteiger partial charge on any atom is 0.248 e. The van der Waals surface area contributed by atoms with Crippen molar-refractivity contribution >= 4 is 21.8 Å². The molecule has 2 amide bonds. The zero-order chi connectivity index (χ0) is 27.9. The highest BCUT2D eigenvalue weighted by atomic mass is 32.2. The first-order chi connectivity index (χ1) is 18.0. The summed E-state index contributed by atoms with van der Waals surface area (Å²) in [5, 5.41) is 0. The highest BCUT2D eigenvalue weighted by Gasteiger charge is 2.31. The largest absolute Gasteiger partial charge is 0.497 e. The van der Waals surface area contributed by atoms with Gasteiger partial charge in [-0.25, -0.2) is 8.42 Å². The van der Waals surface area contributed by atoms with Crippen LogP contribution in [-0.2, 0) is 24.3 Å². The molecule has 0 aliphatic carbocycles. The summed E-state index contributed by atoms with van der Waals surface area (Å²) in [5.41, 5.74) is 1.23. The average molecular weight is 553 g/mol. The van der Waals surface area contributed by atoms with Crippen LogP contribution in [-0.4, -0.2) is 119 Å². The molecule has 38 heavy (non-hydrogen) atoms. The summed E-state index contributed by atoms with van der Waals surface area (Å²) in [6.07, 6.45) is 4.98. The Bertz CT molecular complexity index is 1050. The predicted molar refractivity (Wildman–Crippen MR) is 146 cm³/mol. The Hall–Kier alpha value is -2.21. The minimum Gasteiger partial charge on any atom is -0.497 e. The average Bonchev–Trinajstić information content (AvgIpc) is 3.39. The van der Waals surface area contributed by atoms with Crippen LogP contribution in [0.15, 0.2) is 17.0 Å². The number of methoxy groups -OCH3 is 1. The topological polar surface area (TPSA) is 99.7 Å². The van der Waals surface area contributed by atoms with Crippen LogP contribution in [0.4, 0.5) is 0 Å². The van der Waals surface area contributed by atoms with Crippen LogP contribution < -0.4 is 4.74 Å². The van der Waals surface area contributed by atoms with E-state index in [0.29, 0.717) is 36.4 Å². The molecule has 0 N–H and O–H groups in total. The van der Waals surface area contributed by atoms with Gasteiger partial charge < -0.3 is 24.2 Å². The monoisotopic (exact) mass is 552 g/mol. The molecule has 11 heteroatoms. The Kier molecular flexibility index (Phi) is 11.0. The third-order valence-corrected chi connectivity index (χ3v) is 9.82. The van der Waals surface area contributed by atoms with E-state index in [1.165, 1.54) is 30.6 Å². The Morgan fingerprint density at radius 1 is 1.05 bits per heavy atom. The zero-order valence-electron chi connectivity index (χ0n) is 23.6. The summed E-state index contributed by atoms with van der Waals surface area (Å²) in [6, 6.07) is 3.37. The third-order valence-electron chi connectivity index (χ3n) is 7.66. The number of piperidine rings is 1. The molecule has 0 spiro atoms. The minimum absolute atomic E-state index is 0.0332. The van der Waals surface area contributed by atoms with E-state index in [1.54, 1.807) is 45.0 Å². The second kappa shape index (κ2) is 13.7. The molecular weight excluding hydrogens is 508 g/mol. The number of carbonyl (C=O) groups is 2. The van der Waals surface area contributed by atoms with Gasteiger partial charge >= 0.3 is 0 Å². The Morgan fingerprint density at radius 2 is 1.71 bits per heavy atom. The summed E-state index contributed by atoms with van der Waals surface area (Å²) < 4.78 is 38.3. The number of sulfonamides is 1. The molecule has 2 aliphatic rings. The summed E-state index contributed by atoms with van der Waals surface area (Å²) in [5.74, 6) is 0.589. The van der Waals surface area contributed by atoms with E-state index in [-0.39, 0.29) is 42.5 Å². The summed E-state index contributed by atoms with van der Waals surface area (Å²) in [4.78, 5) is 31.5. The molecule has 2 saturated heterocycles. The lowest BCUT2D eigenvalue weighted by Gasteiger charge is -2.27. The van der Waals surface area contributed by atoms with E-state index in [1.807, 2.05) is 4.90 Å². The van der Waals surface area contributed by atoms with Crippen molar-refractivity contribution in [3.05, 3.63) is 23.3 Å². The van der Waals surface area contributed by atoms with Crippen molar-refractivity contribution in [2.45, 2.75) is 56.9 Å². The molecule has 1 atom stereocenters. The van der Waals surface area contributed by atoms with Crippen molar-refractivity contribution in [2.75, 3.05) is 73.7 Å². The number of aryl methyl sites for hydroxylation is 2. The van der Waals surface area contributed by atoms with Gasteiger partial charge in [0.1, 0.15) is 12.4 Å². The Labute approximate surface area is 227 Å². The fourth-order valence-corrected chi connectivity index (χ4v) is 6.81. The van der Waals surface area contributed by atoms with Crippen molar-refractivity contribution in [3.63, 3.8) is 0 Å². The molecule has 0 bridgehead atoms. The molecule has 2 aliphatic heterocycles. The molecule has 3 rings (SSSR count). The van der Waals surface area contributed by atoms with Gasteiger partial charge in [-0.3, -0.25) is 9.59 Å². The van der Waals surface area contributed by atoms with Gasteiger partial charge in [-0.05, 0) is 69.5 Å². The van der Waals surface area contributed by atoms with Gasteiger partial charge in [0, 0.05) is 46.7 Å². The lowest BCUT2D eigenvalue weighted by atomic mass is 10.1. The standard InChI is InChI=1S/C27H44N4O6S/c1-21-17-24(36-5)18-22(2)27(21)38(34,35)28(3)15-16-37-20-26(33)29(4)23-9-14-31(19-23)25(32)10-13-30-11-7-6-8-12-30/h17-18,23H,6-16,19-20H2,1-5H3/t23-/m1/s1. The van der Waals surface area contributed by atoms with Crippen molar-refractivity contribution in [1.29, 1.82) is 0 Å². The fourth-order valence-electron chi connectivity index (χ4n) is 5.25. The number of carbonyl (C=O) groups excluding carboxylic acids is 2. The van der Waals surface area contributed by atoms with Crippen LogP contribution in [0, 0.1) is 13.8 Å². The number of likely N-dealkylation sites (tertiary alicyclic amines) is 2. The molecule has 1 aromatic carbocycles. The molecule has 0 unspecified atom stereocenters. The first kappa shape index (κ1) is 30.3. The van der Waals surface area contributed by atoms with Gasteiger partial charge in [-0.15, -0.1) is 0 Å². The molecular formula is C27H44N4O6S. The normalized spacial score (nSPS) is 18.7. The Morgan fingerprint density at radius 3 is 2.34 bits per heavy atom. The van der Waals surface area contributed by atoms with Gasteiger partial charge in [0.15, 0.2) is 0 Å². The maximum absolute atomic E-state index is 13.1. The van der Waals surface area contributed by atoms with Crippen LogP contribution >= 0.6 is 0 Å². The van der Waals surface area contributed by atoms with Gasteiger partial charge in [-0.2, -0.15) is 4.31 Å². The Balaban J connectivity index is 1.40. The quantitative estimate of drug-likeness (QED) is 0.365.